The number of alkyl halides is 3. The van der Waals surface area contributed by atoms with Crippen molar-refractivity contribution in [3.05, 3.63) is 48.4 Å². The number of benzene rings is 1. The Morgan fingerprint density at radius 3 is 2.30 bits per heavy atom. The van der Waals surface area contributed by atoms with Gasteiger partial charge in [-0.15, -0.1) is 0 Å². The van der Waals surface area contributed by atoms with Gasteiger partial charge in [0.2, 0.25) is 0 Å². The summed E-state index contributed by atoms with van der Waals surface area (Å²) in [6.07, 6.45) is -3.60. The number of carbonyl (C=O) groups is 2. The minimum absolute atomic E-state index is 0.0887. The van der Waals surface area contributed by atoms with Crippen LogP contribution >= 0.6 is 0 Å². The second-order valence-electron chi connectivity index (χ2n) is 4.53. The molecule has 0 saturated heterocycles. The molecule has 0 bridgehead atoms. The fourth-order valence-electron chi connectivity index (χ4n) is 1.92. The molecule has 1 N–H and O–H groups in total. The summed E-state index contributed by atoms with van der Waals surface area (Å²) < 4.78 is 42.5. The van der Waals surface area contributed by atoms with Crippen LogP contribution in [0, 0.1) is 0 Å². The lowest BCUT2D eigenvalue weighted by atomic mass is 10.2. The topological polar surface area (TPSA) is 62.6 Å². The van der Waals surface area contributed by atoms with Crippen LogP contribution in [-0.4, -0.2) is 24.5 Å². The summed E-state index contributed by atoms with van der Waals surface area (Å²) in [5.41, 5.74) is 0.455. The first-order chi connectivity index (χ1) is 10.8. The summed E-state index contributed by atoms with van der Waals surface area (Å²) in [6, 6.07) is 8.49. The third-order valence-corrected chi connectivity index (χ3v) is 2.99. The molecule has 0 radical (unpaired) electrons. The van der Waals surface area contributed by atoms with Gasteiger partial charge in [0.05, 0.1) is 6.26 Å². The molecule has 2 aromatic rings. The Bertz CT molecular complexity index is 679. The van der Waals surface area contributed by atoms with Crippen LogP contribution in [0.3, 0.4) is 0 Å². The lowest BCUT2D eigenvalue weighted by Crippen LogP contribution is -2.41. The molecule has 0 unspecified atom stereocenters. The number of carbonyl (C=O) groups excluding carboxylic acids is 2. The first-order valence-corrected chi connectivity index (χ1v) is 6.66. The summed E-state index contributed by atoms with van der Waals surface area (Å²) in [5.74, 6) is -2.31. The van der Waals surface area contributed by atoms with E-state index in [1.54, 1.807) is 6.07 Å². The predicted octanol–water partition coefficient (Wildman–Crippen LogP) is 3.45. The van der Waals surface area contributed by atoms with Gasteiger partial charge >= 0.3 is 12.1 Å². The first-order valence-electron chi connectivity index (χ1n) is 6.66. The summed E-state index contributed by atoms with van der Waals surface area (Å²) >= 11 is 0. The predicted molar refractivity (Wildman–Crippen MR) is 77.2 cm³/mol. The Balaban J connectivity index is 2.12. The molecule has 0 saturated carbocycles. The number of amides is 2. The van der Waals surface area contributed by atoms with Gasteiger partial charge in [0.25, 0.3) is 5.91 Å². The van der Waals surface area contributed by atoms with Crippen LogP contribution < -0.4 is 10.2 Å². The van der Waals surface area contributed by atoms with Gasteiger partial charge in [0.15, 0.2) is 5.76 Å². The van der Waals surface area contributed by atoms with E-state index in [9.17, 15) is 22.8 Å². The van der Waals surface area contributed by atoms with E-state index < -0.39 is 18.0 Å². The normalized spacial score (nSPS) is 11.1. The van der Waals surface area contributed by atoms with Crippen molar-refractivity contribution in [1.29, 1.82) is 0 Å². The van der Waals surface area contributed by atoms with E-state index in [1.165, 1.54) is 43.5 Å². The van der Waals surface area contributed by atoms with Gasteiger partial charge in [-0.1, -0.05) is 0 Å². The van der Waals surface area contributed by atoms with Crippen molar-refractivity contribution in [1.82, 2.24) is 0 Å². The van der Waals surface area contributed by atoms with Crippen molar-refractivity contribution in [3.8, 4) is 0 Å². The van der Waals surface area contributed by atoms with Crippen LogP contribution in [0.25, 0.3) is 0 Å². The van der Waals surface area contributed by atoms with E-state index in [4.69, 9.17) is 4.42 Å². The van der Waals surface area contributed by atoms with Crippen molar-refractivity contribution in [3.63, 3.8) is 0 Å². The zero-order valence-corrected chi connectivity index (χ0v) is 12.1. The highest BCUT2D eigenvalue weighted by molar-refractivity contribution is 6.02. The monoisotopic (exact) mass is 326 g/mol. The number of hydrogen-bond donors (Lipinski definition) is 1. The Kier molecular flexibility index (Phi) is 4.73. The molecule has 0 aliphatic carbocycles. The number of hydrogen-bond acceptors (Lipinski definition) is 3. The number of nitrogens with one attached hydrogen (secondary N) is 1. The SMILES string of the molecule is CCN(C(=O)C(F)(F)F)c1ccc(NC(=O)c2ccco2)cc1. The molecule has 2 amide bonds. The second kappa shape index (κ2) is 6.55. The molecule has 1 aromatic carbocycles. The average molecular weight is 326 g/mol. The van der Waals surface area contributed by atoms with Crippen LogP contribution in [0.1, 0.15) is 17.5 Å². The average Bonchev–Trinajstić information content (AvgIpc) is 3.03. The minimum Gasteiger partial charge on any atom is -0.459 e. The van der Waals surface area contributed by atoms with Gasteiger partial charge in [-0.3, -0.25) is 9.59 Å². The van der Waals surface area contributed by atoms with Crippen molar-refractivity contribution in [2.75, 3.05) is 16.8 Å². The fourth-order valence-corrected chi connectivity index (χ4v) is 1.92. The molecule has 122 valence electrons. The zero-order chi connectivity index (χ0) is 17.0. The maximum Gasteiger partial charge on any atom is 0.471 e. The van der Waals surface area contributed by atoms with E-state index >= 15 is 0 Å². The van der Waals surface area contributed by atoms with E-state index in [-0.39, 0.29) is 18.0 Å². The fraction of sp³-hybridized carbons (Fsp3) is 0.200. The Hall–Kier alpha value is -2.77. The van der Waals surface area contributed by atoms with Crippen molar-refractivity contribution in [2.45, 2.75) is 13.1 Å². The summed E-state index contributed by atoms with van der Waals surface area (Å²) in [6.45, 7) is 1.31. The van der Waals surface area contributed by atoms with Gasteiger partial charge < -0.3 is 14.6 Å². The van der Waals surface area contributed by atoms with Gasteiger partial charge in [0.1, 0.15) is 0 Å². The third-order valence-electron chi connectivity index (χ3n) is 2.99. The summed E-state index contributed by atoms with van der Waals surface area (Å²) in [7, 11) is 0. The molecule has 1 heterocycles. The van der Waals surface area contributed by atoms with Gasteiger partial charge in [0, 0.05) is 17.9 Å². The summed E-state index contributed by atoms with van der Waals surface area (Å²) in [4.78, 5) is 23.7. The molecule has 0 atom stereocenters. The van der Waals surface area contributed by atoms with Crippen molar-refractivity contribution in [2.24, 2.45) is 0 Å². The molecule has 0 aliphatic rings. The molecule has 23 heavy (non-hydrogen) atoms. The third kappa shape index (κ3) is 3.91. The van der Waals surface area contributed by atoms with Crippen LogP contribution in [0.4, 0.5) is 24.5 Å². The highest BCUT2D eigenvalue weighted by atomic mass is 19.4. The van der Waals surface area contributed by atoms with E-state index in [1.807, 2.05) is 0 Å². The molecule has 0 aliphatic heterocycles. The molecule has 0 spiro atoms. The first kappa shape index (κ1) is 16.6. The molecule has 5 nitrogen and oxygen atoms in total. The largest absolute Gasteiger partial charge is 0.471 e. The number of furan rings is 1. The molecule has 2 rings (SSSR count). The Morgan fingerprint density at radius 2 is 1.83 bits per heavy atom. The number of anilines is 2. The van der Waals surface area contributed by atoms with Crippen molar-refractivity contribution < 1.29 is 27.2 Å². The van der Waals surface area contributed by atoms with Gasteiger partial charge in [-0.2, -0.15) is 13.2 Å². The molecular weight excluding hydrogens is 313 g/mol. The Morgan fingerprint density at radius 1 is 1.17 bits per heavy atom. The van der Waals surface area contributed by atoms with Gasteiger partial charge in [-0.05, 0) is 43.3 Å². The van der Waals surface area contributed by atoms with E-state index in [0.717, 1.165) is 0 Å². The van der Waals surface area contributed by atoms with E-state index in [2.05, 4.69) is 5.32 Å². The lowest BCUT2D eigenvalue weighted by molar-refractivity contribution is -0.170. The number of halogens is 3. The van der Waals surface area contributed by atoms with Gasteiger partial charge in [-0.25, -0.2) is 0 Å². The van der Waals surface area contributed by atoms with E-state index in [0.29, 0.717) is 10.6 Å². The highest BCUT2D eigenvalue weighted by Gasteiger charge is 2.42. The molecule has 0 fully saturated rings. The van der Waals surface area contributed by atoms with Crippen LogP contribution in [-0.2, 0) is 4.79 Å². The molecular formula is C15H13F3N2O3. The smallest absolute Gasteiger partial charge is 0.459 e. The van der Waals surface area contributed by atoms with Crippen LogP contribution in [0.5, 0.6) is 0 Å². The zero-order valence-electron chi connectivity index (χ0n) is 12.1. The second-order valence-corrected chi connectivity index (χ2v) is 4.53. The standard InChI is InChI=1S/C15H13F3N2O3/c1-2-20(14(22)15(16,17)18)11-7-5-10(6-8-11)19-13(21)12-4-3-9-23-12/h3-9H,2H2,1H3,(H,19,21). The van der Waals surface area contributed by atoms with Crippen LogP contribution in [0.2, 0.25) is 0 Å². The lowest BCUT2D eigenvalue weighted by Gasteiger charge is -2.22. The number of nitrogens with zero attached hydrogens (tertiary/aromatic N) is 1. The molecule has 8 heteroatoms. The highest BCUT2D eigenvalue weighted by Crippen LogP contribution is 2.25. The number of rotatable bonds is 4. The Labute approximate surface area is 129 Å². The molecule has 1 aromatic heterocycles. The van der Waals surface area contributed by atoms with Crippen LogP contribution in [0.15, 0.2) is 47.1 Å². The maximum atomic E-state index is 12.5. The summed E-state index contributed by atoms with van der Waals surface area (Å²) in [5, 5.41) is 2.53. The quantitative estimate of drug-likeness (QED) is 0.936. The maximum absolute atomic E-state index is 12.5. The minimum atomic E-state index is -4.94. The van der Waals surface area contributed by atoms with Crippen molar-refractivity contribution >= 4 is 23.2 Å².